The molecule has 2 rings (SSSR count). The van der Waals surface area contributed by atoms with Crippen molar-refractivity contribution in [1.29, 1.82) is 0 Å². The van der Waals surface area contributed by atoms with Gasteiger partial charge in [0.25, 0.3) is 0 Å². The van der Waals surface area contributed by atoms with Crippen molar-refractivity contribution in [3.8, 4) is 0 Å². The lowest BCUT2D eigenvalue weighted by Gasteiger charge is -2.38. The van der Waals surface area contributed by atoms with Crippen LogP contribution in [0.2, 0.25) is 0 Å². The van der Waals surface area contributed by atoms with E-state index in [-0.39, 0.29) is 6.09 Å². The highest BCUT2D eigenvalue weighted by molar-refractivity contribution is 9.10. The zero-order valence-electron chi connectivity index (χ0n) is 13.8. The van der Waals surface area contributed by atoms with Crippen molar-refractivity contribution in [2.24, 2.45) is 0 Å². The van der Waals surface area contributed by atoms with Crippen LogP contribution < -0.4 is 0 Å². The molecule has 122 valence electrons. The van der Waals surface area contributed by atoms with E-state index in [2.05, 4.69) is 52.0 Å². The second kappa shape index (κ2) is 7.01. The fourth-order valence-corrected chi connectivity index (χ4v) is 2.83. The highest BCUT2D eigenvalue weighted by Crippen LogP contribution is 2.23. The van der Waals surface area contributed by atoms with Gasteiger partial charge >= 0.3 is 6.09 Å². The second-order valence-corrected chi connectivity index (χ2v) is 7.65. The number of amides is 1. The number of hydrogen-bond acceptors (Lipinski definition) is 3. The van der Waals surface area contributed by atoms with Gasteiger partial charge in [-0.15, -0.1) is 0 Å². The number of carbonyl (C=O) groups excluding carboxylic acids is 1. The molecule has 22 heavy (non-hydrogen) atoms. The summed E-state index contributed by atoms with van der Waals surface area (Å²) in [5, 5.41) is 0. The van der Waals surface area contributed by atoms with Crippen molar-refractivity contribution in [2.45, 2.75) is 39.3 Å². The molecule has 4 nitrogen and oxygen atoms in total. The molecular weight excluding hydrogens is 344 g/mol. The van der Waals surface area contributed by atoms with Crippen molar-refractivity contribution >= 4 is 22.0 Å². The number of carbonyl (C=O) groups is 1. The van der Waals surface area contributed by atoms with Crippen molar-refractivity contribution in [3.63, 3.8) is 0 Å². The first-order valence-electron chi connectivity index (χ1n) is 7.74. The van der Waals surface area contributed by atoms with Crippen LogP contribution in [0.1, 0.15) is 39.3 Å². The zero-order chi connectivity index (χ0) is 16.3. The summed E-state index contributed by atoms with van der Waals surface area (Å²) in [6, 6.07) is 8.80. The third-order valence-corrected chi connectivity index (χ3v) is 4.39. The summed E-state index contributed by atoms with van der Waals surface area (Å²) in [5.41, 5.74) is 0.868. The number of ether oxygens (including phenoxy) is 1. The lowest BCUT2D eigenvalue weighted by atomic mass is 10.1. The highest BCUT2D eigenvalue weighted by Gasteiger charge is 2.27. The molecule has 1 aromatic carbocycles. The van der Waals surface area contributed by atoms with Gasteiger partial charge in [-0.05, 0) is 45.4 Å². The van der Waals surface area contributed by atoms with Gasteiger partial charge in [0.2, 0.25) is 0 Å². The minimum atomic E-state index is -0.432. The average Bonchev–Trinajstić information content (AvgIpc) is 2.46. The number of benzene rings is 1. The molecule has 5 heteroatoms. The van der Waals surface area contributed by atoms with Gasteiger partial charge in [-0.2, -0.15) is 0 Å². The van der Waals surface area contributed by atoms with Crippen LogP contribution in [0.25, 0.3) is 0 Å². The molecule has 0 bridgehead atoms. The lowest BCUT2D eigenvalue weighted by Crippen LogP contribution is -2.50. The van der Waals surface area contributed by atoms with E-state index in [4.69, 9.17) is 4.74 Å². The van der Waals surface area contributed by atoms with Crippen molar-refractivity contribution in [1.82, 2.24) is 9.80 Å². The van der Waals surface area contributed by atoms with Gasteiger partial charge in [-0.1, -0.05) is 28.1 Å². The summed E-state index contributed by atoms with van der Waals surface area (Å²) in [4.78, 5) is 16.3. The molecule has 0 radical (unpaired) electrons. The number of piperazine rings is 1. The van der Waals surface area contributed by atoms with E-state index in [0.29, 0.717) is 6.04 Å². The first-order valence-corrected chi connectivity index (χ1v) is 8.53. The first kappa shape index (κ1) is 17.3. The van der Waals surface area contributed by atoms with Gasteiger partial charge in [-0.3, -0.25) is 4.90 Å². The monoisotopic (exact) mass is 368 g/mol. The van der Waals surface area contributed by atoms with Gasteiger partial charge < -0.3 is 9.64 Å². The molecule has 0 aromatic heterocycles. The smallest absolute Gasteiger partial charge is 0.410 e. The Kier molecular flexibility index (Phi) is 5.50. The molecule has 0 spiro atoms. The van der Waals surface area contributed by atoms with E-state index >= 15 is 0 Å². The molecule has 0 saturated carbocycles. The average molecular weight is 369 g/mol. The Labute approximate surface area is 141 Å². The van der Waals surface area contributed by atoms with Crippen molar-refractivity contribution in [3.05, 3.63) is 34.3 Å². The van der Waals surface area contributed by atoms with E-state index in [1.165, 1.54) is 5.56 Å². The van der Waals surface area contributed by atoms with Crippen LogP contribution in [0, 0.1) is 0 Å². The van der Waals surface area contributed by atoms with E-state index in [1.54, 1.807) is 4.90 Å². The number of rotatable bonds is 2. The van der Waals surface area contributed by atoms with Crippen LogP contribution in [0.3, 0.4) is 0 Å². The Bertz CT molecular complexity index is 502. The standard InChI is InChI=1S/C17H25BrN2O2/c1-13(14-5-7-15(18)8-6-14)19-9-11-20(12-10-19)16(21)22-17(2,3)4/h5-8,13H,9-12H2,1-4H3/t13-/m1/s1. The summed E-state index contributed by atoms with van der Waals surface area (Å²) >= 11 is 3.47. The third-order valence-electron chi connectivity index (χ3n) is 3.87. The Morgan fingerprint density at radius 3 is 2.18 bits per heavy atom. The van der Waals surface area contributed by atoms with E-state index in [1.807, 2.05) is 20.8 Å². The van der Waals surface area contributed by atoms with Gasteiger partial charge in [0, 0.05) is 36.7 Å². The molecule has 1 amide bonds. The Morgan fingerprint density at radius 2 is 1.68 bits per heavy atom. The fraction of sp³-hybridized carbons (Fsp3) is 0.588. The number of nitrogens with zero attached hydrogens (tertiary/aromatic N) is 2. The van der Waals surface area contributed by atoms with E-state index in [9.17, 15) is 4.79 Å². The molecule has 0 aliphatic carbocycles. The minimum Gasteiger partial charge on any atom is -0.444 e. The van der Waals surface area contributed by atoms with Crippen molar-refractivity contribution in [2.75, 3.05) is 26.2 Å². The quantitative estimate of drug-likeness (QED) is 0.788. The van der Waals surface area contributed by atoms with Gasteiger partial charge in [0.05, 0.1) is 0 Å². The maximum atomic E-state index is 12.1. The SMILES string of the molecule is C[C@H](c1ccc(Br)cc1)N1CCN(C(=O)OC(C)(C)C)CC1. The minimum absolute atomic E-state index is 0.205. The largest absolute Gasteiger partial charge is 0.444 e. The highest BCUT2D eigenvalue weighted by atomic mass is 79.9. The maximum Gasteiger partial charge on any atom is 0.410 e. The molecular formula is C17H25BrN2O2. The molecule has 1 atom stereocenters. The first-order chi connectivity index (χ1) is 10.3. The normalized spacial score (nSPS) is 18.1. The molecule has 0 N–H and O–H groups in total. The van der Waals surface area contributed by atoms with Crippen LogP contribution >= 0.6 is 15.9 Å². The Balaban J connectivity index is 1.89. The van der Waals surface area contributed by atoms with Gasteiger partial charge in [0.1, 0.15) is 5.60 Å². The second-order valence-electron chi connectivity index (χ2n) is 6.73. The molecule has 1 heterocycles. The molecule has 1 aliphatic rings. The summed E-state index contributed by atoms with van der Waals surface area (Å²) < 4.78 is 6.53. The maximum absolute atomic E-state index is 12.1. The zero-order valence-corrected chi connectivity index (χ0v) is 15.4. The van der Waals surface area contributed by atoms with E-state index < -0.39 is 5.60 Å². The topological polar surface area (TPSA) is 32.8 Å². The summed E-state index contributed by atoms with van der Waals surface area (Å²) in [6.07, 6.45) is -0.205. The molecule has 1 fully saturated rings. The summed E-state index contributed by atoms with van der Waals surface area (Å²) in [7, 11) is 0. The predicted molar refractivity (Wildman–Crippen MR) is 91.9 cm³/mol. The third kappa shape index (κ3) is 4.71. The number of halogens is 1. The summed E-state index contributed by atoms with van der Waals surface area (Å²) in [5.74, 6) is 0. The fourth-order valence-electron chi connectivity index (χ4n) is 2.57. The summed E-state index contributed by atoms with van der Waals surface area (Å²) in [6.45, 7) is 11.1. The van der Waals surface area contributed by atoms with Crippen LogP contribution in [0.15, 0.2) is 28.7 Å². The molecule has 1 aliphatic heterocycles. The molecule has 0 unspecified atom stereocenters. The van der Waals surface area contributed by atoms with Crippen LogP contribution in [-0.4, -0.2) is 47.7 Å². The molecule has 1 aromatic rings. The van der Waals surface area contributed by atoms with Crippen LogP contribution in [0.4, 0.5) is 4.79 Å². The molecule has 1 saturated heterocycles. The van der Waals surface area contributed by atoms with E-state index in [0.717, 1.165) is 30.7 Å². The Morgan fingerprint density at radius 1 is 1.14 bits per heavy atom. The lowest BCUT2D eigenvalue weighted by molar-refractivity contribution is 0.0110. The van der Waals surface area contributed by atoms with Gasteiger partial charge in [0.15, 0.2) is 0 Å². The van der Waals surface area contributed by atoms with Crippen LogP contribution in [-0.2, 0) is 4.74 Å². The van der Waals surface area contributed by atoms with Crippen molar-refractivity contribution < 1.29 is 9.53 Å². The Hall–Kier alpha value is -1.07. The predicted octanol–water partition coefficient (Wildman–Crippen LogP) is 4.06. The van der Waals surface area contributed by atoms with Crippen LogP contribution in [0.5, 0.6) is 0 Å². The van der Waals surface area contributed by atoms with Gasteiger partial charge in [-0.25, -0.2) is 4.79 Å². The number of hydrogen-bond donors (Lipinski definition) is 0.